The number of aryl methyl sites for hydroxylation is 1. The predicted octanol–water partition coefficient (Wildman–Crippen LogP) is 4.64. The molecule has 0 saturated heterocycles. The van der Waals surface area contributed by atoms with Crippen LogP contribution in [0.3, 0.4) is 0 Å². The van der Waals surface area contributed by atoms with Gasteiger partial charge >= 0.3 is 0 Å². The van der Waals surface area contributed by atoms with Gasteiger partial charge < -0.3 is 10.3 Å². The lowest BCUT2D eigenvalue weighted by Gasteiger charge is -2.24. The number of nitrogens with zero attached hydrogens (tertiary/aromatic N) is 6. The summed E-state index contributed by atoms with van der Waals surface area (Å²) in [5.41, 5.74) is 3.97. The summed E-state index contributed by atoms with van der Waals surface area (Å²) in [6.45, 7) is 0. The molecule has 0 spiro atoms. The van der Waals surface area contributed by atoms with Crippen molar-refractivity contribution in [1.82, 2.24) is 35.2 Å². The van der Waals surface area contributed by atoms with Crippen molar-refractivity contribution in [2.75, 3.05) is 5.32 Å². The van der Waals surface area contributed by atoms with Gasteiger partial charge in [0.05, 0.1) is 12.4 Å². The number of hydrogen-bond acceptors (Lipinski definition) is 6. The van der Waals surface area contributed by atoms with Crippen LogP contribution in [0.1, 0.15) is 43.5 Å². The quantitative estimate of drug-likeness (QED) is 0.415. The van der Waals surface area contributed by atoms with Crippen molar-refractivity contribution in [2.45, 2.75) is 44.6 Å². The zero-order valence-corrected chi connectivity index (χ0v) is 18.6. The van der Waals surface area contributed by atoms with Gasteiger partial charge in [0.25, 0.3) is 0 Å². The third-order valence-electron chi connectivity index (χ3n) is 6.41. The third kappa shape index (κ3) is 3.92. The Morgan fingerprint density at radius 1 is 1.03 bits per heavy atom. The van der Waals surface area contributed by atoms with Crippen LogP contribution in [0.5, 0.6) is 0 Å². The van der Waals surface area contributed by atoms with Crippen molar-refractivity contribution in [3.63, 3.8) is 0 Å². The Balaban J connectivity index is 1.46. The molecule has 8 nitrogen and oxygen atoms in total. The fraction of sp³-hybridized carbons (Fsp3) is 0.320. The van der Waals surface area contributed by atoms with Gasteiger partial charge in [-0.1, -0.05) is 61.7 Å². The number of rotatable bonds is 5. The molecule has 1 aliphatic rings. The van der Waals surface area contributed by atoms with Crippen LogP contribution in [0.4, 0.5) is 5.82 Å². The van der Waals surface area contributed by atoms with Crippen molar-refractivity contribution >= 4 is 27.8 Å². The van der Waals surface area contributed by atoms with E-state index in [1.807, 2.05) is 12.1 Å². The Kier molecular flexibility index (Phi) is 4.97. The maximum absolute atomic E-state index is 5.02. The first-order valence-electron chi connectivity index (χ1n) is 11.6. The largest absolute Gasteiger partial charge is 0.367 e. The van der Waals surface area contributed by atoms with Crippen LogP contribution in [0.25, 0.3) is 33.3 Å². The number of nitrogens with one attached hydrogen (secondary N) is 2. The first-order chi connectivity index (χ1) is 16.2. The standard InChI is InChI=1S/C25H26N8/c1-33-31-23(30-32-33)17-12-13-19-20(15-17)27-25-22(19)24(26-18-10-6-3-7-11-18)28-21(29-25)14-16-8-4-2-5-9-16/h2,4-5,8-9,12-13,15,18H,3,6-7,10-11,14H2,1H3,(H2,26,27,28,29). The van der Waals surface area contributed by atoms with E-state index >= 15 is 0 Å². The zero-order chi connectivity index (χ0) is 22.2. The average Bonchev–Trinajstić information content (AvgIpc) is 3.43. The summed E-state index contributed by atoms with van der Waals surface area (Å²) >= 11 is 0. The molecule has 6 rings (SSSR count). The molecule has 0 atom stereocenters. The van der Waals surface area contributed by atoms with E-state index in [0.29, 0.717) is 18.3 Å². The lowest BCUT2D eigenvalue weighted by Crippen LogP contribution is -2.23. The number of aromatic amines is 1. The molecule has 0 bridgehead atoms. The number of benzene rings is 2. The molecule has 8 heteroatoms. The van der Waals surface area contributed by atoms with Gasteiger partial charge in [-0.25, -0.2) is 9.97 Å². The summed E-state index contributed by atoms with van der Waals surface area (Å²) in [6.07, 6.45) is 6.92. The van der Waals surface area contributed by atoms with Crippen LogP contribution < -0.4 is 5.32 Å². The summed E-state index contributed by atoms with van der Waals surface area (Å²) < 4.78 is 0. The third-order valence-corrected chi connectivity index (χ3v) is 6.41. The minimum absolute atomic E-state index is 0.453. The van der Waals surface area contributed by atoms with Crippen LogP contribution in [0, 0.1) is 0 Å². The highest BCUT2D eigenvalue weighted by Crippen LogP contribution is 2.33. The van der Waals surface area contributed by atoms with Crippen molar-refractivity contribution in [3.8, 4) is 11.4 Å². The van der Waals surface area contributed by atoms with Crippen molar-refractivity contribution < 1.29 is 0 Å². The van der Waals surface area contributed by atoms with Crippen LogP contribution in [-0.4, -0.2) is 41.2 Å². The summed E-state index contributed by atoms with van der Waals surface area (Å²) in [5.74, 6) is 2.35. The van der Waals surface area contributed by atoms with Gasteiger partial charge in [0.2, 0.25) is 5.82 Å². The lowest BCUT2D eigenvalue weighted by molar-refractivity contribution is 0.462. The lowest BCUT2D eigenvalue weighted by atomic mass is 9.95. The normalized spacial score (nSPS) is 14.8. The molecule has 2 N–H and O–H groups in total. The van der Waals surface area contributed by atoms with E-state index in [2.05, 4.69) is 62.1 Å². The molecule has 0 amide bonds. The monoisotopic (exact) mass is 438 g/mol. The predicted molar refractivity (Wildman–Crippen MR) is 129 cm³/mol. The summed E-state index contributed by atoms with van der Waals surface area (Å²) in [7, 11) is 1.77. The molecule has 3 aromatic heterocycles. The molecule has 1 saturated carbocycles. The van der Waals surface area contributed by atoms with E-state index < -0.39 is 0 Å². The maximum atomic E-state index is 5.02. The second kappa shape index (κ2) is 8.27. The number of tetrazole rings is 1. The zero-order valence-electron chi connectivity index (χ0n) is 18.6. The van der Waals surface area contributed by atoms with Crippen molar-refractivity contribution in [2.24, 2.45) is 7.05 Å². The van der Waals surface area contributed by atoms with Gasteiger partial charge in [-0.05, 0) is 29.7 Å². The minimum Gasteiger partial charge on any atom is -0.367 e. The highest BCUT2D eigenvalue weighted by Gasteiger charge is 2.19. The van der Waals surface area contributed by atoms with Crippen LogP contribution in [0.15, 0.2) is 48.5 Å². The Bertz CT molecular complexity index is 1410. The van der Waals surface area contributed by atoms with E-state index in [1.165, 1.54) is 42.5 Å². The van der Waals surface area contributed by atoms with Gasteiger partial charge in [-0.3, -0.25) is 0 Å². The fourth-order valence-corrected chi connectivity index (χ4v) is 4.79. The SMILES string of the molecule is Cn1nnc(-c2ccc3c(c2)[nH]c2nc(Cc4ccccc4)nc(NC4CCCCC4)c23)n1. The van der Waals surface area contributed by atoms with E-state index in [4.69, 9.17) is 9.97 Å². The van der Waals surface area contributed by atoms with Crippen molar-refractivity contribution in [1.29, 1.82) is 0 Å². The van der Waals surface area contributed by atoms with Gasteiger partial charge in [0.15, 0.2) is 0 Å². The molecule has 0 aliphatic heterocycles. The Morgan fingerprint density at radius 2 is 1.88 bits per heavy atom. The van der Waals surface area contributed by atoms with Crippen LogP contribution in [-0.2, 0) is 13.5 Å². The maximum Gasteiger partial charge on any atom is 0.204 e. The summed E-state index contributed by atoms with van der Waals surface area (Å²) in [5, 5.41) is 18.4. The molecule has 1 fully saturated rings. The average molecular weight is 439 g/mol. The Labute approximate surface area is 191 Å². The molecule has 0 unspecified atom stereocenters. The number of fused-ring (bicyclic) bond motifs is 3. The van der Waals surface area contributed by atoms with E-state index in [0.717, 1.165) is 39.1 Å². The molecule has 0 radical (unpaired) electrons. The van der Waals surface area contributed by atoms with E-state index in [-0.39, 0.29) is 0 Å². The smallest absolute Gasteiger partial charge is 0.204 e. The molecule has 5 aromatic rings. The van der Waals surface area contributed by atoms with Crippen molar-refractivity contribution in [3.05, 3.63) is 59.9 Å². The van der Waals surface area contributed by atoms with Gasteiger partial charge in [-0.2, -0.15) is 4.80 Å². The van der Waals surface area contributed by atoms with Gasteiger partial charge in [0.1, 0.15) is 17.3 Å². The highest BCUT2D eigenvalue weighted by molar-refractivity contribution is 6.11. The van der Waals surface area contributed by atoms with Gasteiger partial charge in [-0.15, -0.1) is 10.2 Å². The number of H-pyrrole nitrogens is 1. The second-order valence-corrected chi connectivity index (χ2v) is 8.84. The Hall–Kier alpha value is -3.81. The second-order valence-electron chi connectivity index (χ2n) is 8.84. The molecule has 3 heterocycles. The molecule has 166 valence electrons. The number of aromatic nitrogens is 7. The Morgan fingerprint density at radius 3 is 2.67 bits per heavy atom. The number of hydrogen-bond donors (Lipinski definition) is 2. The molecular formula is C25H26N8. The van der Waals surface area contributed by atoms with E-state index in [1.54, 1.807) is 7.05 Å². The topological polar surface area (TPSA) is 97.2 Å². The first kappa shape index (κ1) is 19.8. The van der Waals surface area contributed by atoms with E-state index in [9.17, 15) is 0 Å². The van der Waals surface area contributed by atoms with Crippen LogP contribution in [0.2, 0.25) is 0 Å². The minimum atomic E-state index is 0.453. The molecule has 1 aliphatic carbocycles. The first-order valence-corrected chi connectivity index (χ1v) is 11.6. The molecular weight excluding hydrogens is 412 g/mol. The van der Waals surface area contributed by atoms with Crippen LogP contribution >= 0.6 is 0 Å². The summed E-state index contributed by atoms with van der Waals surface area (Å²) in [6, 6.07) is 17.0. The fourth-order valence-electron chi connectivity index (χ4n) is 4.79. The highest BCUT2D eigenvalue weighted by atomic mass is 15.6. The van der Waals surface area contributed by atoms with Gasteiger partial charge in [0, 0.05) is 28.9 Å². The number of anilines is 1. The molecule has 2 aromatic carbocycles. The molecule has 33 heavy (non-hydrogen) atoms. The summed E-state index contributed by atoms with van der Waals surface area (Å²) in [4.78, 5) is 14.9.